The quantitative estimate of drug-likeness (QED) is 0.547. The zero-order valence-electron chi connectivity index (χ0n) is 13.3. The minimum absolute atomic E-state index is 0.150. The van der Waals surface area contributed by atoms with Crippen LogP contribution < -0.4 is 16.8 Å². The third-order valence-corrected chi connectivity index (χ3v) is 4.57. The van der Waals surface area contributed by atoms with Gasteiger partial charge < -0.3 is 21.9 Å². The fourth-order valence-electron chi connectivity index (χ4n) is 1.85. The minimum Gasteiger partial charge on any atom is -0.478 e. The van der Waals surface area contributed by atoms with Gasteiger partial charge in [0.1, 0.15) is 5.00 Å². The zero-order valence-corrected chi connectivity index (χ0v) is 14.9. The van der Waals surface area contributed by atoms with Crippen LogP contribution in [0.2, 0.25) is 0 Å². The lowest BCUT2D eigenvalue weighted by Crippen LogP contribution is -2.22. The van der Waals surface area contributed by atoms with Crippen LogP contribution in [0.15, 0.2) is 35.3 Å². The van der Waals surface area contributed by atoms with Gasteiger partial charge in [0.05, 0.1) is 22.3 Å². The normalized spacial score (nSPS) is 9.96. The van der Waals surface area contributed by atoms with Crippen molar-refractivity contribution in [2.24, 2.45) is 7.05 Å². The molecular formula is C15H17N5O3S2. The van der Waals surface area contributed by atoms with Crippen LogP contribution >= 0.6 is 22.7 Å². The molecule has 132 valence electrons. The van der Waals surface area contributed by atoms with Crippen LogP contribution in [-0.4, -0.2) is 26.8 Å². The molecule has 0 radical (unpaired) electrons. The number of nitrogens with two attached hydrogens (primary N) is 2. The maximum atomic E-state index is 11.7. The molecule has 0 bridgehead atoms. The number of anilines is 2. The number of aryl methyl sites for hydroxylation is 1. The molecular weight excluding hydrogens is 362 g/mol. The molecule has 0 aliphatic heterocycles. The van der Waals surface area contributed by atoms with E-state index >= 15 is 0 Å². The van der Waals surface area contributed by atoms with Crippen LogP contribution in [0.25, 0.3) is 0 Å². The molecule has 0 aromatic carbocycles. The first-order chi connectivity index (χ1) is 11.9. The van der Waals surface area contributed by atoms with Gasteiger partial charge in [0, 0.05) is 25.4 Å². The maximum Gasteiger partial charge on any atom is 0.338 e. The summed E-state index contributed by atoms with van der Waals surface area (Å²) in [4.78, 5) is 21.9. The number of carboxylic acids is 1. The van der Waals surface area contributed by atoms with Crippen molar-refractivity contribution in [2.45, 2.75) is 6.54 Å². The second-order valence-electron chi connectivity index (χ2n) is 4.91. The lowest BCUT2D eigenvalue weighted by Gasteiger charge is -2.02. The lowest BCUT2D eigenvalue weighted by molar-refractivity contribution is 0.0698. The van der Waals surface area contributed by atoms with Gasteiger partial charge in [-0.2, -0.15) is 5.10 Å². The Morgan fingerprint density at radius 3 is 2.20 bits per heavy atom. The van der Waals surface area contributed by atoms with E-state index in [0.717, 1.165) is 5.56 Å². The molecule has 0 atom stereocenters. The van der Waals surface area contributed by atoms with Gasteiger partial charge in [0.2, 0.25) is 0 Å². The number of nitrogen functional groups attached to an aromatic ring is 2. The van der Waals surface area contributed by atoms with E-state index < -0.39 is 5.97 Å². The van der Waals surface area contributed by atoms with Gasteiger partial charge in [0.25, 0.3) is 5.91 Å². The standard InChI is InChI=1S/C10H12N4OS.C5H5NO2S/c1-14-6-7(5-13-14)4-12-10(15)8-2-3-16-9(8)11;6-4-3(5(7)8)1-2-9-4/h2-3,5-6H,4,11H2,1H3,(H,12,15);1-2H,6H2,(H,7,8). The predicted molar refractivity (Wildman–Crippen MR) is 98.8 cm³/mol. The Labute approximate surface area is 151 Å². The summed E-state index contributed by atoms with van der Waals surface area (Å²) >= 11 is 2.59. The third kappa shape index (κ3) is 5.06. The molecule has 3 aromatic rings. The van der Waals surface area contributed by atoms with E-state index in [9.17, 15) is 9.59 Å². The van der Waals surface area contributed by atoms with E-state index in [4.69, 9.17) is 16.6 Å². The molecule has 0 fully saturated rings. The Hall–Kier alpha value is -2.85. The molecule has 0 unspecified atom stereocenters. The number of hydrogen-bond donors (Lipinski definition) is 4. The Kier molecular flexibility index (Phi) is 6.14. The third-order valence-electron chi connectivity index (χ3n) is 3.08. The molecule has 3 rings (SSSR count). The first kappa shape index (κ1) is 18.5. The number of nitrogens with one attached hydrogen (secondary N) is 1. The van der Waals surface area contributed by atoms with E-state index in [1.54, 1.807) is 27.7 Å². The van der Waals surface area contributed by atoms with Gasteiger partial charge in [-0.05, 0) is 22.9 Å². The fraction of sp³-hybridized carbons (Fsp3) is 0.133. The largest absolute Gasteiger partial charge is 0.478 e. The highest BCUT2D eigenvalue weighted by atomic mass is 32.1. The van der Waals surface area contributed by atoms with Crippen LogP contribution in [0.5, 0.6) is 0 Å². The van der Waals surface area contributed by atoms with E-state index in [-0.39, 0.29) is 11.5 Å². The monoisotopic (exact) mass is 379 g/mol. The van der Waals surface area contributed by atoms with Crippen molar-refractivity contribution in [1.29, 1.82) is 0 Å². The lowest BCUT2D eigenvalue weighted by atomic mass is 10.3. The fourth-order valence-corrected chi connectivity index (χ4v) is 3.12. The molecule has 0 saturated carbocycles. The summed E-state index contributed by atoms with van der Waals surface area (Å²) in [6.45, 7) is 0.460. The van der Waals surface area contributed by atoms with Crippen LogP contribution in [0.3, 0.4) is 0 Å². The highest BCUT2D eigenvalue weighted by Crippen LogP contribution is 2.19. The van der Waals surface area contributed by atoms with Crippen molar-refractivity contribution in [3.8, 4) is 0 Å². The van der Waals surface area contributed by atoms with E-state index in [1.165, 1.54) is 28.7 Å². The highest BCUT2D eigenvalue weighted by molar-refractivity contribution is 7.14. The number of nitrogens with zero attached hydrogens (tertiary/aromatic N) is 2. The molecule has 10 heteroatoms. The Balaban J connectivity index is 0.000000212. The molecule has 25 heavy (non-hydrogen) atoms. The molecule has 6 N–H and O–H groups in total. The first-order valence-electron chi connectivity index (χ1n) is 7.03. The van der Waals surface area contributed by atoms with E-state index in [0.29, 0.717) is 22.1 Å². The summed E-state index contributed by atoms with van der Waals surface area (Å²) < 4.78 is 1.69. The van der Waals surface area contributed by atoms with Crippen molar-refractivity contribution in [1.82, 2.24) is 15.1 Å². The number of amides is 1. The highest BCUT2D eigenvalue weighted by Gasteiger charge is 2.10. The topological polar surface area (TPSA) is 136 Å². The summed E-state index contributed by atoms with van der Waals surface area (Å²) in [5, 5.41) is 19.5. The Morgan fingerprint density at radius 1 is 1.20 bits per heavy atom. The van der Waals surface area contributed by atoms with Crippen molar-refractivity contribution in [3.63, 3.8) is 0 Å². The molecule has 3 aromatic heterocycles. The number of aromatic nitrogens is 2. The van der Waals surface area contributed by atoms with Crippen molar-refractivity contribution in [2.75, 3.05) is 11.5 Å². The van der Waals surface area contributed by atoms with Gasteiger partial charge in [-0.1, -0.05) is 0 Å². The molecule has 1 amide bonds. The number of thiophene rings is 2. The number of carboxylic acid groups (broad SMARTS) is 1. The average molecular weight is 379 g/mol. The van der Waals surface area contributed by atoms with Crippen LogP contribution in [0, 0.1) is 0 Å². The Bertz CT molecular complexity index is 868. The van der Waals surface area contributed by atoms with Crippen molar-refractivity contribution < 1.29 is 14.7 Å². The second-order valence-corrected chi connectivity index (χ2v) is 6.80. The van der Waals surface area contributed by atoms with Crippen molar-refractivity contribution >= 4 is 44.6 Å². The number of hydrogen-bond acceptors (Lipinski definition) is 7. The first-order valence-corrected chi connectivity index (χ1v) is 8.79. The summed E-state index contributed by atoms with van der Waals surface area (Å²) in [7, 11) is 1.84. The van der Waals surface area contributed by atoms with E-state index in [1.807, 2.05) is 13.2 Å². The molecule has 0 aliphatic rings. The van der Waals surface area contributed by atoms with Gasteiger partial charge in [-0.3, -0.25) is 9.48 Å². The predicted octanol–water partition coefficient (Wildman–Crippen LogP) is 2.02. The Morgan fingerprint density at radius 2 is 1.80 bits per heavy atom. The number of rotatable bonds is 4. The SMILES string of the molecule is Cn1cc(CNC(=O)c2ccsc2N)cn1.Nc1sccc1C(=O)O. The molecule has 8 nitrogen and oxygen atoms in total. The van der Waals surface area contributed by atoms with Crippen molar-refractivity contribution in [3.05, 3.63) is 52.0 Å². The summed E-state index contributed by atoms with van der Waals surface area (Å²) in [5.74, 6) is -1.11. The maximum absolute atomic E-state index is 11.7. The number of aromatic carboxylic acids is 1. The molecule has 0 spiro atoms. The van der Waals surface area contributed by atoms with Gasteiger partial charge in [0.15, 0.2) is 0 Å². The summed E-state index contributed by atoms with van der Waals surface area (Å²) in [6, 6.07) is 3.21. The average Bonchev–Trinajstić information content (AvgIpc) is 3.27. The summed E-state index contributed by atoms with van der Waals surface area (Å²) in [6.07, 6.45) is 3.58. The van der Waals surface area contributed by atoms with Gasteiger partial charge in [-0.15, -0.1) is 22.7 Å². The molecule has 0 saturated heterocycles. The number of carbonyl (C=O) groups excluding carboxylic acids is 1. The van der Waals surface area contributed by atoms with Gasteiger partial charge >= 0.3 is 5.97 Å². The van der Waals surface area contributed by atoms with Crippen LogP contribution in [0.1, 0.15) is 26.3 Å². The second kappa shape index (κ2) is 8.31. The minimum atomic E-state index is -0.964. The summed E-state index contributed by atoms with van der Waals surface area (Å²) in [5.41, 5.74) is 12.6. The smallest absolute Gasteiger partial charge is 0.338 e. The van der Waals surface area contributed by atoms with Crippen LogP contribution in [0.4, 0.5) is 10.0 Å². The molecule has 3 heterocycles. The zero-order chi connectivity index (χ0) is 18.4. The number of carbonyl (C=O) groups is 2. The molecule has 0 aliphatic carbocycles. The van der Waals surface area contributed by atoms with Crippen LogP contribution in [-0.2, 0) is 13.6 Å². The van der Waals surface area contributed by atoms with Gasteiger partial charge in [-0.25, -0.2) is 4.79 Å². The van der Waals surface area contributed by atoms with E-state index in [2.05, 4.69) is 10.4 Å².